The molecule has 2 aliphatic carbocycles. The van der Waals surface area contributed by atoms with Crippen molar-refractivity contribution in [3.05, 3.63) is 54.6 Å². The maximum atomic E-state index is 13.6. The van der Waals surface area contributed by atoms with Gasteiger partial charge in [-0.3, -0.25) is 24.1 Å². The van der Waals surface area contributed by atoms with Crippen LogP contribution < -0.4 is 0 Å². The Kier molecular flexibility index (Phi) is 9.50. The second-order valence-electron chi connectivity index (χ2n) is 10.9. The number of benzene rings is 1. The Morgan fingerprint density at radius 2 is 1.32 bits per heavy atom. The summed E-state index contributed by atoms with van der Waals surface area (Å²) in [6.07, 6.45) is 5.82. The summed E-state index contributed by atoms with van der Waals surface area (Å²) in [6, 6.07) is 2.08. The first-order valence-electron chi connectivity index (χ1n) is 14.0. The van der Waals surface area contributed by atoms with Crippen LogP contribution in [0.2, 0.25) is 0 Å². The van der Waals surface area contributed by atoms with Crippen molar-refractivity contribution >= 4 is 24.0 Å². The molecule has 0 bridgehead atoms. The van der Waals surface area contributed by atoms with Gasteiger partial charge in [-0.05, 0) is 89.2 Å². The van der Waals surface area contributed by atoms with E-state index in [1.807, 2.05) is 0 Å². The second kappa shape index (κ2) is 13.0. The van der Waals surface area contributed by atoms with Crippen LogP contribution in [0, 0.1) is 20.2 Å². The molecule has 3 aliphatic rings. The number of rotatable bonds is 8. The molecule has 1 aliphatic heterocycles. The van der Waals surface area contributed by atoms with Crippen molar-refractivity contribution in [1.82, 2.24) is 9.80 Å². The van der Waals surface area contributed by atoms with Crippen LogP contribution in [0.15, 0.2) is 12.1 Å². The van der Waals surface area contributed by atoms with Gasteiger partial charge in [-0.2, -0.15) is 0 Å². The molecule has 4 rings (SSSR count). The highest BCUT2D eigenvalue weighted by atomic mass is 17.0. The van der Waals surface area contributed by atoms with Gasteiger partial charge in [-0.25, -0.2) is 0 Å². The fourth-order valence-electron chi connectivity index (χ4n) is 6.29. The average Bonchev–Trinajstić information content (AvgIpc) is 3.13. The minimum absolute atomic E-state index is 0.0197. The monoisotopic (exact) mass is 574 g/mol. The quantitative estimate of drug-likeness (QED) is 0.192. The Balaban J connectivity index is 1.48. The van der Waals surface area contributed by atoms with Gasteiger partial charge >= 0.3 is 0 Å². The molecule has 0 N–H and O–H groups in total. The molecule has 0 unspecified atom stereocenters. The molecule has 0 atom stereocenters. The lowest BCUT2D eigenvalue weighted by Crippen LogP contribution is -2.40. The van der Waals surface area contributed by atoms with E-state index in [9.17, 15) is 39.4 Å². The zero-order valence-corrected chi connectivity index (χ0v) is 22.9. The van der Waals surface area contributed by atoms with Gasteiger partial charge in [0.1, 0.15) is 12.2 Å². The highest BCUT2D eigenvalue weighted by Crippen LogP contribution is 2.33. The Labute approximate surface area is 236 Å². The largest absolute Gasteiger partial charge is 0.339 e. The second-order valence-corrected chi connectivity index (χ2v) is 10.9. The van der Waals surface area contributed by atoms with Gasteiger partial charge in [0.15, 0.2) is 6.29 Å². The topological polar surface area (TPSA) is 179 Å². The molecule has 14 heteroatoms. The zero-order valence-electron chi connectivity index (χ0n) is 22.9. The maximum absolute atomic E-state index is 13.6. The molecule has 14 nitrogen and oxygen atoms in total. The molecule has 3 amide bonds. The van der Waals surface area contributed by atoms with E-state index < -0.39 is 46.1 Å². The van der Waals surface area contributed by atoms with Gasteiger partial charge in [0, 0.05) is 24.7 Å². The van der Waals surface area contributed by atoms with Gasteiger partial charge < -0.3 is 14.6 Å². The van der Waals surface area contributed by atoms with E-state index in [-0.39, 0.29) is 28.3 Å². The minimum atomic E-state index is -0.796. The Hall–Kier alpha value is -4.10. The molecule has 0 aromatic heterocycles. The smallest absolute Gasteiger partial charge is 0.294 e. The molecular weight excluding hydrogens is 540 g/mol. The van der Waals surface area contributed by atoms with E-state index in [1.165, 1.54) is 17.0 Å². The van der Waals surface area contributed by atoms with E-state index in [1.54, 1.807) is 11.9 Å². The van der Waals surface area contributed by atoms with E-state index >= 15 is 0 Å². The normalized spacial score (nSPS) is 25.1. The molecular formula is C27H34N4O10. The minimum Gasteiger partial charge on any atom is -0.339 e. The van der Waals surface area contributed by atoms with Gasteiger partial charge in [0.05, 0.1) is 16.7 Å². The average molecular weight is 575 g/mol. The lowest BCUT2D eigenvalue weighted by atomic mass is 9.93. The van der Waals surface area contributed by atoms with Gasteiger partial charge in [-0.1, -0.05) is 0 Å². The summed E-state index contributed by atoms with van der Waals surface area (Å²) in [4.78, 5) is 85.9. The maximum Gasteiger partial charge on any atom is 0.294 e. The lowest BCUT2D eigenvalue weighted by Gasteiger charge is -2.31. The number of carbonyl (C=O) groups is 4. The third kappa shape index (κ3) is 6.80. The van der Waals surface area contributed by atoms with Gasteiger partial charge in [0.25, 0.3) is 27.9 Å². The molecule has 1 aromatic rings. The van der Waals surface area contributed by atoms with Crippen LogP contribution in [0.1, 0.15) is 118 Å². The predicted octanol–water partition coefficient (Wildman–Crippen LogP) is 3.77. The van der Waals surface area contributed by atoms with Crippen LogP contribution in [0.25, 0.3) is 0 Å². The molecule has 2 fully saturated rings. The molecule has 0 radical (unpaired) electrons. The van der Waals surface area contributed by atoms with Gasteiger partial charge in [-0.15, -0.1) is 20.2 Å². The van der Waals surface area contributed by atoms with Crippen molar-refractivity contribution < 1.29 is 39.0 Å². The number of nitrogens with zero attached hydrogens (tertiary/aromatic N) is 4. The molecule has 222 valence electrons. The molecule has 0 saturated heterocycles. The number of carbonyl (C=O) groups excluding carboxylic acids is 4. The molecule has 41 heavy (non-hydrogen) atoms. The van der Waals surface area contributed by atoms with Gasteiger partial charge in [0.2, 0.25) is 0 Å². The van der Waals surface area contributed by atoms with E-state index in [0.717, 1.165) is 0 Å². The molecule has 2 saturated carbocycles. The van der Waals surface area contributed by atoms with Crippen LogP contribution >= 0.6 is 0 Å². The lowest BCUT2D eigenvalue weighted by molar-refractivity contribution is -0.769. The van der Waals surface area contributed by atoms with Crippen molar-refractivity contribution in [2.45, 2.75) is 101 Å². The fraction of sp³-hybridized carbons (Fsp3) is 0.630. The van der Waals surface area contributed by atoms with Crippen LogP contribution in [0.3, 0.4) is 0 Å². The standard InChI is InChI=1S/C27H34N4O10/c1-28(18-6-2-10-20(11-3-7-18)40-30(36)37)25(33)22-15-24-23(14-17(22)16-32)26(34)29(27(24)35)19-8-4-12-21(13-5-9-19)41-31(38)39/h14-16,18-21H,2-13H2,1H3. The summed E-state index contributed by atoms with van der Waals surface area (Å²) in [6.45, 7) is 0. The summed E-state index contributed by atoms with van der Waals surface area (Å²) < 4.78 is 0. The summed E-state index contributed by atoms with van der Waals surface area (Å²) in [5, 5.41) is 19.8. The fourth-order valence-corrected chi connectivity index (χ4v) is 6.29. The van der Waals surface area contributed by atoms with Crippen molar-refractivity contribution in [3.8, 4) is 0 Å². The number of hydrogen-bond acceptors (Lipinski definition) is 10. The van der Waals surface area contributed by atoms with Crippen molar-refractivity contribution in [2.24, 2.45) is 0 Å². The summed E-state index contributed by atoms with van der Waals surface area (Å²) in [5.41, 5.74) is 0.215. The van der Waals surface area contributed by atoms with Crippen molar-refractivity contribution in [2.75, 3.05) is 7.05 Å². The number of hydrogen-bond donors (Lipinski definition) is 0. The predicted molar refractivity (Wildman–Crippen MR) is 141 cm³/mol. The summed E-state index contributed by atoms with van der Waals surface area (Å²) in [5.74, 6) is -1.48. The van der Waals surface area contributed by atoms with Crippen LogP contribution in [0.4, 0.5) is 0 Å². The Morgan fingerprint density at radius 3 is 1.78 bits per heavy atom. The first kappa shape index (κ1) is 29.9. The number of aldehydes is 1. The van der Waals surface area contributed by atoms with Crippen molar-refractivity contribution in [3.63, 3.8) is 0 Å². The third-order valence-electron chi connectivity index (χ3n) is 8.40. The SMILES string of the molecule is CN(C(=O)c1cc2c(cc1C=O)C(=O)N(C1CCCC(O[N+](=O)[O-])CCC1)C2=O)C1CCCC(O[N+](=O)[O-])CCC1. The Morgan fingerprint density at radius 1 is 0.854 bits per heavy atom. The van der Waals surface area contributed by atoms with E-state index in [0.29, 0.717) is 83.3 Å². The van der Waals surface area contributed by atoms with Crippen LogP contribution in [-0.2, 0) is 9.68 Å². The molecule has 0 spiro atoms. The first-order valence-corrected chi connectivity index (χ1v) is 14.0. The number of imide groups is 1. The van der Waals surface area contributed by atoms with Crippen molar-refractivity contribution in [1.29, 1.82) is 0 Å². The van der Waals surface area contributed by atoms with E-state index in [2.05, 4.69) is 0 Å². The highest BCUT2D eigenvalue weighted by Gasteiger charge is 2.41. The van der Waals surface area contributed by atoms with Crippen LogP contribution in [-0.4, -0.2) is 75.3 Å². The number of amides is 3. The Bertz CT molecular complexity index is 1200. The molecule has 1 aromatic carbocycles. The molecule has 1 heterocycles. The zero-order chi connectivity index (χ0) is 29.7. The van der Waals surface area contributed by atoms with E-state index in [4.69, 9.17) is 9.68 Å². The highest BCUT2D eigenvalue weighted by molar-refractivity contribution is 6.23. The summed E-state index contributed by atoms with van der Waals surface area (Å²) in [7, 11) is 1.63. The first-order chi connectivity index (χ1) is 19.6. The third-order valence-corrected chi connectivity index (χ3v) is 8.40. The van der Waals surface area contributed by atoms with Crippen LogP contribution in [0.5, 0.6) is 0 Å². The summed E-state index contributed by atoms with van der Waals surface area (Å²) >= 11 is 0. The number of fused-ring (bicyclic) bond motifs is 1.